The molecule has 0 saturated carbocycles. The van der Waals surface area contributed by atoms with Crippen molar-refractivity contribution in [2.24, 2.45) is 0 Å². The van der Waals surface area contributed by atoms with Gasteiger partial charge < -0.3 is 5.32 Å². The van der Waals surface area contributed by atoms with Crippen LogP contribution in [-0.4, -0.2) is 11.5 Å². The monoisotopic (exact) mass is 274 g/mol. The lowest BCUT2D eigenvalue weighted by molar-refractivity contribution is 0.499. The molecule has 0 amide bonds. The first-order valence-corrected chi connectivity index (χ1v) is 7.85. The molecule has 0 saturated heterocycles. The molecule has 102 valence electrons. The molecule has 2 nitrogen and oxygen atoms in total. The average molecular weight is 274 g/mol. The number of aryl methyl sites for hydroxylation is 2. The van der Waals surface area contributed by atoms with Crippen molar-refractivity contribution < 1.29 is 0 Å². The second kappa shape index (κ2) is 7.41. The first kappa shape index (κ1) is 14.2. The minimum absolute atomic E-state index is 0.472. The number of hydrogen-bond acceptors (Lipinski definition) is 3. The van der Waals surface area contributed by atoms with Crippen LogP contribution in [-0.2, 0) is 6.42 Å². The van der Waals surface area contributed by atoms with Crippen molar-refractivity contribution in [3.05, 3.63) is 52.0 Å². The Balaban J connectivity index is 2.00. The summed E-state index contributed by atoms with van der Waals surface area (Å²) in [6, 6.07) is 6.95. The highest BCUT2D eigenvalue weighted by molar-refractivity contribution is 7.10. The highest BCUT2D eigenvalue weighted by Crippen LogP contribution is 2.26. The fraction of sp³-hybridized carbons (Fsp3) is 0.438. The molecule has 1 atom stereocenters. The number of nitrogens with zero attached hydrogens (tertiary/aromatic N) is 1. The fourth-order valence-electron chi connectivity index (χ4n) is 2.30. The fourth-order valence-corrected chi connectivity index (χ4v) is 3.07. The zero-order chi connectivity index (χ0) is 13.5. The van der Waals surface area contributed by atoms with Crippen LogP contribution in [0, 0.1) is 6.92 Å². The minimum Gasteiger partial charge on any atom is -0.310 e. The van der Waals surface area contributed by atoms with Crippen molar-refractivity contribution in [2.75, 3.05) is 6.54 Å². The number of nitrogens with one attached hydrogen (secondary N) is 1. The maximum Gasteiger partial charge on any atom is 0.0334 e. The molecule has 1 N–H and O–H groups in total. The van der Waals surface area contributed by atoms with E-state index in [0.717, 1.165) is 19.4 Å². The van der Waals surface area contributed by atoms with Gasteiger partial charge in [0.15, 0.2) is 0 Å². The van der Waals surface area contributed by atoms with Crippen LogP contribution in [0.2, 0.25) is 0 Å². The van der Waals surface area contributed by atoms with Gasteiger partial charge in [0.05, 0.1) is 0 Å². The smallest absolute Gasteiger partial charge is 0.0334 e. The van der Waals surface area contributed by atoms with Crippen LogP contribution in [0.4, 0.5) is 0 Å². The highest BCUT2D eigenvalue weighted by Gasteiger charge is 2.13. The molecule has 0 spiro atoms. The van der Waals surface area contributed by atoms with Gasteiger partial charge in [0.1, 0.15) is 0 Å². The van der Waals surface area contributed by atoms with Crippen molar-refractivity contribution in [1.82, 2.24) is 10.3 Å². The van der Waals surface area contributed by atoms with Gasteiger partial charge in [-0.25, -0.2) is 0 Å². The van der Waals surface area contributed by atoms with Gasteiger partial charge >= 0.3 is 0 Å². The van der Waals surface area contributed by atoms with Gasteiger partial charge in [0, 0.05) is 23.3 Å². The lowest BCUT2D eigenvalue weighted by Gasteiger charge is -2.19. The second-order valence-corrected chi connectivity index (χ2v) is 5.95. The first-order valence-electron chi connectivity index (χ1n) is 6.97. The predicted octanol–water partition coefficient (Wildman–Crippen LogP) is 4.13. The third kappa shape index (κ3) is 4.15. The van der Waals surface area contributed by atoms with E-state index in [1.807, 2.05) is 23.7 Å². The largest absolute Gasteiger partial charge is 0.310 e. The molecule has 3 heteroatoms. The van der Waals surface area contributed by atoms with Crippen LogP contribution in [0.3, 0.4) is 0 Å². The van der Waals surface area contributed by atoms with Gasteiger partial charge in [-0.2, -0.15) is 0 Å². The van der Waals surface area contributed by atoms with Gasteiger partial charge in [0.2, 0.25) is 0 Å². The molecule has 2 aromatic rings. The zero-order valence-electron chi connectivity index (χ0n) is 11.7. The third-order valence-corrected chi connectivity index (χ3v) is 4.25. The summed E-state index contributed by atoms with van der Waals surface area (Å²) in [5.74, 6) is 0. The molecule has 0 aliphatic carbocycles. The Morgan fingerprint density at radius 3 is 2.68 bits per heavy atom. The van der Waals surface area contributed by atoms with E-state index in [9.17, 15) is 0 Å². The molecular weight excluding hydrogens is 252 g/mol. The highest BCUT2D eigenvalue weighted by atomic mass is 32.1. The molecule has 0 aromatic carbocycles. The lowest BCUT2D eigenvalue weighted by Crippen LogP contribution is -2.22. The molecule has 0 bridgehead atoms. The van der Waals surface area contributed by atoms with Crippen LogP contribution >= 0.6 is 11.3 Å². The van der Waals surface area contributed by atoms with E-state index in [4.69, 9.17) is 0 Å². The molecule has 0 fully saturated rings. The Kier molecular flexibility index (Phi) is 5.55. The first-order chi connectivity index (χ1) is 9.31. The van der Waals surface area contributed by atoms with Gasteiger partial charge in [-0.1, -0.05) is 6.92 Å². The van der Waals surface area contributed by atoms with E-state index >= 15 is 0 Å². The molecule has 0 aliphatic rings. The number of pyridine rings is 1. The van der Waals surface area contributed by atoms with Crippen LogP contribution in [0.1, 0.15) is 41.8 Å². The maximum atomic E-state index is 4.07. The van der Waals surface area contributed by atoms with E-state index < -0.39 is 0 Å². The SMILES string of the molecule is CCCNC(CCc1ccncc1)c1ccsc1C. The van der Waals surface area contributed by atoms with Gasteiger partial charge in [0.25, 0.3) is 0 Å². The average Bonchev–Trinajstić information content (AvgIpc) is 2.86. The predicted molar refractivity (Wildman–Crippen MR) is 82.6 cm³/mol. The normalized spacial score (nSPS) is 12.5. The summed E-state index contributed by atoms with van der Waals surface area (Å²) < 4.78 is 0. The molecule has 0 aliphatic heterocycles. The van der Waals surface area contributed by atoms with Crippen LogP contribution < -0.4 is 5.32 Å². The van der Waals surface area contributed by atoms with Crippen LogP contribution in [0.25, 0.3) is 0 Å². The summed E-state index contributed by atoms with van der Waals surface area (Å²) >= 11 is 1.84. The maximum absolute atomic E-state index is 4.07. The van der Waals surface area contributed by atoms with Crippen molar-refractivity contribution in [1.29, 1.82) is 0 Å². The van der Waals surface area contributed by atoms with Crippen molar-refractivity contribution in [2.45, 2.75) is 39.2 Å². The quantitative estimate of drug-likeness (QED) is 0.821. The van der Waals surface area contributed by atoms with Crippen molar-refractivity contribution in [3.8, 4) is 0 Å². The number of aromatic nitrogens is 1. The zero-order valence-corrected chi connectivity index (χ0v) is 12.5. The molecular formula is C16H22N2S. The van der Waals surface area contributed by atoms with E-state index in [1.54, 1.807) is 0 Å². The van der Waals surface area contributed by atoms with Gasteiger partial charge in [-0.15, -0.1) is 11.3 Å². The summed E-state index contributed by atoms with van der Waals surface area (Å²) in [6.07, 6.45) is 7.16. The number of hydrogen-bond donors (Lipinski definition) is 1. The lowest BCUT2D eigenvalue weighted by atomic mass is 10.00. The molecule has 2 rings (SSSR count). The topological polar surface area (TPSA) is 24.9 Å². The number of thiophene rings is 1. The van der Waals surface area contributed by atoms with Crippen LogP contribution in [0.5, 0.6) is 0 Å². The molecule has 2 aromatic heterocycles. The van der Waals surface area contributed by atoms with Gasteiger partial charge in [-0.3, -0.25) is 4.98 Å². The van der Waals surface area contributed by atoms with Gasteiger partial charge in [-0.05, 0) is 67.4 Å². The summed E-state index contributed by atoms with van der Waals surface area (Å²) in [5.41, 5.74) is 2.83. The minimum atomic E-state index is 0.472. The van der Waals surface area contributed by atoms with E-state index in [2.05, 4.69) is 47.7 Å². The Morgan fingerprint density at radius 1 is 1.26 bits per heavy atom. The third-order valence-electron chi connectivity index (χ3n) is 3.39. The Labute approximate surface area is 119 Å². The van der Waals surface area contributed by atoms with E-state index in [1.165, 1.54) is 22.4 Å². The van der Waals surface area contributed by atoms with E-state index in [0.29, 0.717) is 6.04 Å². The second-order valence-electron chi connectivity index (χ2n) is 4.83. The van der Waals surface area contributed by atoms with Crippen molar-refractivity contribution in [3.63, 3.8) is 0 Å². The summed E-state index contributed by atoms with van der Waals surface area (Å²) in [4.78, 5) is 5.51. The molecule has 0 radical (unpaired) electrons. The number of rotatable bonds is 7. The Bertz CT molecular complexity index is 479. The molecule has 19 heavy (non-hydrogen) atoms. The Morgan fingerprint density at radius 2 is 2.05 bits per heavy atom. The summed E-state index contributed by atoms with van der Waals surface area (Å²) in [7, 11) is 0. The van der Waals surface area contributed by atoms with E-state index in [-0.39, 0.29) is 0 Å². The Hall–Kier alpha value is -1.19. The van der Waals surface area contributed by atoms with Crippen molar-refractivity contribution >= 4 is 11.3 Å². The standard InChI is InChI=1S/C16H22N2S/c1-3-9-18-16(15-8-12-19-13(15)2)5-4-14-6-10-17-11-7-14/h6-8,10-12,16,18H,3-5,9H2,1-2H3. The summed E-state index contributed by atoms with van der Waals surface area (Å²) in [5, 5.41) is 5.87. The molecule has 1 unspecified atom stereocenters. The summed E-state index contributed by atoms with van der Waals surface area (Å²) in [6.45, 7) is 5.51. The molecule has 2 heterocycles. The van der Waals surface area contributed by atoms with Crippen LogP contribution in [0.15, 0.2) is 36.0 Å².